The van der Waals surface area contributed by atoms with Crippen molar-refractivity contribution < 1.29 is 28.6 Å². The highest BCUT2D eigenvalue weighted by atomic mass is 32.2. The topological polar surface area (TPSA) is 78.9 Å². The lowest BCUT2D eigenvalue weighted by molar-refractivity contribution is -0.149. The van der Waals surface area contributed by atoms with Gasteiger partial charge in [0.15, 0.2) is 5.44 Å². The normalized spacial score (nSPS) is 21.4. The van der Waals surface area contributed by atoms with E-state index in [0.717, 1.165) is 0 Å². The fraction of sp³-hybridized carbons (Fsp3) is 0.438. The molecule has 1 saturated heterocycles. The number of carbonyl (C=O) groups excluding carboxylic acids is 3. The van der Waals surface area contributed by atoms with Crippen LogP contribution < -0.4 is 0 Å². The number of rotatable bonds is 6. The minimum atomic E-state index is -0.628. The van der Waals surface area contributed by atoms with Crippen molar-refractivity contribution in [2.45, 2.75) is 36.6 Å². The van der Waals surface area contributed by atoms with Gasteiger partial charge in [-0.3, -0.25) is 9.59 Å². The highest BCUT2D eigenvalue weighted by Crippen LogP contribution is 2.35. The number of cyclic esters (lactones) is 1. The third kappa shape index (κ3) is 4.48. The Hall–Kier alpha value is -2.02. The van der Waals surface area contributed by atoms with Gasteiger partial charge in [0, 0.05) is 0 Å². The van der Waals surface area contributed by atoms with Crippen molar-refractivity contribution >= 4 is 29.7 Å². The summed E-state index contributed by atoms with van der Waals surface area (Å²) in [4.78, 5) is 35.2. The average Bonchev–Trinajstić information content (AvgIpc) is 2.93. The van der Waals surface area contributed by atoms with Crippen molar-refractivity contribution in [3.05, 3.63) is 35.9 Å². The van der Waals surface area contributed by atoms with Crippen LogP contribution in [0.5, 0.6) is 0 Å². The summed E-state index contributed by atoms with van der Waals surface area (Å²) in [5.41, 5.74) is -0.179. The zero-order valence-electron chi connectivity index (χ0n) is 12.9. The maximum Gasteiger partial charge on any atom is 0.338 e. The van der Waals surface area contributed by atoms with Crippen LogP contribution in [0.2, 0.25) is 0 Å². The number of benzene rings is 1. The van der Waals surface area contributed by atoms with Gasteiger partial charge in [0.25, 0.3) is 0 Å². The van der Waals surface area contributed by atoms with Gasteiger partial charge in [0.05, 0.1) is 19.1 Å². The molecular formula is C16H18O6S. The Balaban J connectivity index is 1.97. The van der Waals surface area contributed by atoms with Crippen molar-refractivity contribution in [2.24, 2.45) is 0 Å². The predicted molar refractivity (Wildman–Crippen MR) is 83.8 cm³/mol. The van der Waals surface area contributed by atoms with Crippen LogP contribution in [-0.2, 0) is 23.8 Å². The molecule has 1 fully saturated rings. The zero-order chi connectivity index (χ0) is 16.8. The molecule has 2 rings (SSSR count). The van der Waals surface area contributed by atoms with Crippen LogP contribution in [0, 0.1) is 0 Å². The van der Waals surface area contributed by atoms with Crippen molar-refractivity contribution in [1.82, 2.24) is 0 Å². The second kappa shape index (κ2) is 8.01. The fourth-order valence-corrected chi connectivity index (χ4v) is 3.37. The molecule has 1 unspecified atom stereocenters. The summed E-state index contributed by atoms with van der Waals surface area (Å²) >= 11 is 1.18. The molecule has 1 aromatic rings. The Labute approximate surface area is 138 Å². The number of hydrogen-bond donors (Lipinski definition) is 0. The van der Waals surface area contributed by atoms with Gasteiger partial charge in [-0.15, -0.1) is 0 Å². The van der Waals surface area contributed by atoms with E-state index in [1.165, 1.54) is 18.9 Å². The molecule has 7 heteroatoms. The molecule has 0 radical (unpaired) electrons. The van der Waals surface area contributed by atoms with Gasteiger partial charge >= 0.3 is 17.9 Å². The Morgan fingerprint density at radius 3 is 2.61 bits per heavy atom. The number of carbonyl (C=O) groups is 3. The number of methoxy groups -OCH3 is 1. The van der Waals surface area contributed by atoms with Crippen LogP contribution in [0.4, 0.5) is 0 Å². The van der Waals surface area contributed by atoms with Crippen molar-refractivity contribution in [2.75, 3.05) is 7.11 Å². The number of esters is 3. The van der Waals surface area contributed by atoms with Crippen LogP contribution in [0.3, 0.4) is 0 Å². The van der Waals surface area contributed by atoms with E-state index in [9.17, 15) is 14.4 Å². The average molecular weight is 338 g/mol. The predicted octanol–water partition coefficient (Wildman–Crippen LogP) is 2.17. The van der Waals surface area contributed by atoms with E-state index in [0.29, 0.717) is 12.0 Å². The lowest BCUT2D eigenvalue weighted by atomic mass is 10.2. The quantitative estimate of drug-likeness (QED) is 0.581. The number of ether oxygens (including phenoxy) is 3. The molecule has 0 aliphatic carbocycles. The standard InChI is InChI=1S/C16H18O6S/c1-3-11(21-14(18)10-7-5-4-6-8-10)16-22-15(19)12(23-16)9-13(17)20-2/h4-8,11-12,16H,3,9H2,1-2H3/t11?,12-,16+/m0/s1. The summed E-state index contributed by atoms with van der Waals surface area (Å²) in [7, 11) is 1.27. The first-order valence-electron chi connectivity index (χ1n) is 7.24. The van der Waals surface area contributed by atoms with Crippen molar-refractivity contribution in [3.63, 3.8) is 0 Å². The lowest BCUT2D eigenvalue weighted by Gasteiger charge is -2.20. The Morgan fingerprint density at radius 2 is 2.00 bits per heavy atom. The summed E-state index contributed by atoms with van der Waals surface area (Å²) in [6.07, 6.45) is -0.132. The van der Waals surface area contributed by atoms with Crippen LogP contribution in [0.1, 0.15) is 30.1 Å². The second-order valence-corrected chi connectivity index (χ2v) is 6.23. The van der Waals surface area contributed by atoms with Gasteiger partial charge < -0.3 is 14.2 Å². The van der Waals surface area contributed by atoms with E-state index in [1.807, 2.05) is 6.92 Å². The van der Waals surface area contributed by atoms with Gasteiger partial charge in [-0.25, -0.2) is 4.79 Å². The summed E-state index contributed by atoms with van der Waals surface area (Å²) in [5, 5.41) is -0.628. The van der Waals surface area contributed by atoms with Crippen molar-refractivity contribution in [1.29, 1.82) is 0 Å². The lowest BCUT2D eigenvalue weighted by Crippen LogP contribution is -2.29. The Kier molecular flexibility index (Phi) is 6.04. The first-order chi connectivity index (χ1) is 11.0. The Bertz CT molecular complexity index is 573. The summed E-state index contributed by atoms with van der Waals surface area (Å²) in [6, 6.07) is 8.61. The van der Waals surface area contributed by atoms with Crippen LogP contribution in [0.15, 0.2) is 30.3 Å². The molecule has 1 aromatic carbocycles. The van der Waals surface area contributed by atoms with E-state index in [1.54, 1.807) is 30.3 Å². The van der Waals surface area contributed by atoms with Crippen LogP contribution in [-0.4, -0.2) is 41.8 Å². The largest absolute Gasteiger partial charge is 0.469 e. The minimum Gasteiger partial charge on any atom is -0.469 e. The van der Waals surface area contributed by atoms with Gasteiger partial charge in [-0.2, -0.15) is 0 Å². The van der Waals surface area contributed by atoms with E-state index < -0.39 is 34.7 Å². The summed E-state index contributed by atoms with van der Waals surface area (Å²) in [5.74, 6) is -1.43. The van der Waals surface area contributed by atoms with Gasteiger partial charge in [-0.1, -0.05) is 36.9 Å². The minimum absolute atomic E-state index is 0.0560. The molecule has 124 valence electrons. The molecule has 0 saturated carbocycles. The smallest absolute Gasteiger partial charge is 0.338 e. The molecule has 6 nitrogen and oxygen atoms in total. The molecule has 0 amide bonds. The highest BCUT2D eigenvalue weighted by molar-refractivity contribution is 8.01. The van der Waals surface area contributed by atoms with Gasteiger partial charge in [-0.05, 0) is 18.6 Å². The third-order valence-electron chi connectivity index (χ3n) is 3.35. The Morgan fingerprint density at radius 1 is 1.30 bits per heavy atom. The SMILES string of the molecule is CCC(OC(=O)c1ccccc1)[C@@H]1OC(=O)[C@H](CC(=O)OC)S1. The fourth-order valence-electron chi connectivity index (χ4n) is 2.08. The molecular weight excluding hydrogens is 320 g/mol. The van der Waals surface area contributed by atoms with Gasteiger partial charge in [0.1, 0.15) is 11.4 Å². The van der Waals surface area contributed by atoms with E-state index in [2.05, 4.69) is 4.74 Å². The maximum atomic E-state index is 12.1. The molecule has 0 bridgehead atoms. The van der Waals surface area contributed by atoms with Crippen LogP contribution in [0.25, 0.3) is 0 Å². The number of hydrogen-bond acceptors (Lipinski definition) is 7. The number of thioether (sulfide) groups is 1. The molecule has 0 spiro atoms. The molecule has 3 atom stereocenters. The highest BCUT2D eigenvalue weighted by Gasteiger charge is 2.41. The molecule has 1 heterocycles. The summed E-state index contributed by atoms with van der Waals surface area (Å²) in [6.45, 7) is 1.84. The van der Waals surface area contributed by atoms with E-state index >= 15 is 0 Å². The second-order valence-electron chi connectivity index (χ2n) is 4.93. The zero-order valence-corrected chi connectivity index (χ0v) is 13.7. The molecule has 23 heavy (non-hydrogen) atoms. The van der Waals surface area contributed by atoms with Gasteiger partial charge in [0.2, 0.25) is 0 Å². The molecule has 1 aliphatic heterocycles. The maximum absolute atomic E-state index is 12.1. The first-order valence-corrected chi connectivity index (χ1v) is 8.18. The molecule has 0 N–H and O–H groups in total. The first kappa shape index (κ1) is 17.3. The molecule has 0 aromatic heterocycles. The van der Waals surface area contributed by atoms with E-state index in [4.69, 9.17) is 9.47 Å². The van der Waals surface area contributed by atoms with Crippen LogP contribution >= 0.6 is 11.8 Å². The van der Waals surface area contributed by atoms with Crippen molar-refractivity contribution in [3.8, 4) is 0 Å². The summed E-state index contributed by atoms with van der Waals surface area (Å²) < 4.78 is 15.3. The van der Waals surface area contributed by atoms with E-state index in [-0.39, 0.29) is 6.42 Å². The monoisotopic (exact) mass is 338 g/mol. The molecule has 1 aliphatic rings. The third-order valence-corrected chi connectivity index (χ3v) is 4.70.